The predicted octanol–water partition coefficient (Wildman–Crippen LogP) is 2.42. The molecule has 2 N–H and O–H groups in total. The highest BCUT2D eigenvalue weighted by Gasteiger charge is 2.25. The summed E-state index contributed by atoms with van der Waals surface area (Å²) in [6, 6.07) is 8.89. The second-order valence-corrected chi connectivity index (χ2v) is 7.27. The minimum absolute atomic E-state index is 0.0582. The van der Waals surface area contributed by atoms with E-state index in [0.29, 0.717) is 13.0 Å². The van der Waals surface area contributed by atoms with Crippen LogP contribution in [0.25, 0.3) is 0 Å². The summed E-state index contributed by atoms with van der Waals surface area (Å²) in [5.41, 5.74) is 0.353. The number of amides is 2. The van der Waals surface area contributed by atoms with Crippen LogP contribution >= 0.6 is 0 Å². The third-order valence-corrected chi connectivity index (χ3v) is 3.82. The number of benzene rings is 1. The van der Waals surface area contributed by atoms with E-state index >= 15 is 0 Å². The number of carbonyl (C=O) groups is 2. The van der Waals surface area contributed by atoms with Crippen LogP contribution in [0.15, 0.2) is 30.3 Å². The lowest BCUT2D eigenvalue weighted by molar-refractivity contribution is -0.123. The van der Waals surface area contributed by atoms with Crippen molar-refractivity contribution in [3.8, 4) is 0 Å². The standard InChI is InChI=1S/C19H28N2O4/c1-19(2,3)25-18(23)21-16(12-14-8-5-4-6-9-14)17(22)20-13-15-10-7-11-24-15/h4-6,8-9,15-16H,7,10-13H2,1-3H3,(H,20,22)(H,21,23). The van der Waals surface area contributed by atoms with Gasteiger partial charge >= 0.3 is 6.09 Å². The molecule has 2 unspecified atom stereocenters. The van der Waals surface area contributed by atoms with E-state index in [9.17, 15) is 9.59 Å². The molecule has 0 spiro atoms. The van der Waals surface area contributed by atoms with Gasteiger partial charge in [0.25, 0.3) is 0 Å². The van der Waals surface area contributed by atoms with E-state index in [1.54, 1.807) is 20.8 Å². The second-order valence-electron chi connectivity index (χ2n) is 7.27. The van der Waals surface area contributed by atoms with Crippen LogP contribution in [-0.4, -0.2) is 42.9 Å². The number of hydrogen-bond donors (Lipinski definition) is 2. The maximum Gasteiger partial charge on any atom is 0.408 e. The van der Waals surface area contributed by atoms with E-state index in [2.05, 4.69) is 10.6 Å². The molecule has 1 aliphatic rings. The Hall–Kier alpha value is -2.08. The van der Waals surface area contributed by atoms with Gasteiger partial charge in [0.2, 0.25) is 5.91 Å². The molecule has 0 saturated carbocycles. The van der Waals surface area contributed by atoms with Gasteiger partial charge < -0.3 is 20.1 Å². The molecular formula is C19H28N2O4. The predicted molar refractivity (Wildman–Crippen MR) is 95.3 cm³/mol. The van der Waals surface area contributed by atoms with Gasteiger partial charge in [0, 0.05) is 19.6 Å². The molecule has 1 fully saturated rings. The molecule has 2 rings (SSSR count). The summed E-state index contributed by atoms with van der Waals surface area (Å²) in [7, 11) is 0. The second kappa shape index (κ2) is 8.85. The van der Waals surface area contributed by atoms with Gasteiger partial charge in [0.05, 0.1) is 6.10 Å². The largest absolute Gasteiger partial charge is 0.444 e. The van der Waals surface area contributed by atoms with Crippen LogP contribution in [0.5, 0.6) is 0 Å². The molecule has 0 radical (unpaired) electrons. The van der Waals surface area contributed by atoms with Crippen LogP contribution < -0.4 is 10.6 Å². The van der Waals surface area contributed by atoms with Crippen LogP contribution in [0.1, 0.15) is 39.2 Å². The lowest BCUT2D eigenvalue weighted by Crippen LogP contribution is -2.50. The van der Waals surface area contributed by atoms with E-state index in [0.717, 1.165) is 25.0 Å². The average molecular weight is 348 g/mol. The molecule has 1 aliphatic heterocycles. The Morgan fingerprint density at radius 2 is 2.00 bits per heavy atom. The van der Waals surface area contributed by atoms with E-state index in [4.69, 9.17) is 9.47 Å². The van der Waals surface area contributed by atoms with Crippen LogP contribution in [0.4, 0.5) is 4.79 Å². The summed E-state index contributed by atoms with van der Waals surface area (Å²) in [5.74, 6) is -0.231. The molecule has 0 bridgehead atoms. The van der Waals surface area contributed by atoms with Crippen molar-refractivity contribution in [1.29, 1.82) is 0 Å². The fourth-order valence-corrected chi connectivity index (χ4v) is 2.65. The third kappa shape index (κ3) is 7.13. The molecule has 2 amide bonds. The summed E-state index contributed by atoms with van der Waals surface area (Å²) in [4.78, 5) is 24.7. The van der Waals surface area contributed by atoms with Gasteiger partial charge in [-0.1, -0.05) is 30.3 Å². The normalized spacial score (nSPS) is 18.4. The number of rotatable bonds is 6. The van der Waals surface area contributed by atoms with Gasteiger partial charge in [0.1, 0.15) is 11.6 Å². The van der Waals surface area contributed by atoms with Crippen LogP contribution in [-0.2, 0) is 20.7 Å². The highest BCUT2D eigenvalue weighted by atomic mass is 16.6. The van der Waals surface area contributed by atoms with E-state index in [-0.39, 0.29) is 12.0 Å². The van der Waals surface area contributed by atoms with Gasteiger partial charge in [0.15, 0.2) is 0 Å². The fourth-order valence-electron chi connectivity index (χ4n) is 2.65. The van der Waals surface area contributed by atoms with Crippen molar-refractivity contribution in [2.24, 2.45) is 0 Å². The Labute approximate surface area is 149 Å². The third-order valence-electron chi connectivity index (χ3n) is 3.82. The van der Waals surface area contributed by atoms with Gasteiger partial charge in [-0.15, -0.1) is 0 Å². The summed E-state index contributed by atoms with van der Waals surface area (Å²) < 4.78 is 10.8. The SMILES string of the molecule is CC(C)(C)OC(=O)NC(Cc1ccccc1)C(=O)NCC1CCCO1. The molecule has 2 atom stereocenters. The van der Waals surface area contributed by atoms with Crippen molar-refractivity contribution in [1.82, 2.24) is 10.6 Å². The molecule has 0 aromatic heterocycles. The highest BCUT2D eigenvalue weighted by molar-refractivity contribution is 5.86. The molecule has 1 heterocycles. The van der Waals surface area contributed by atoms with Crippen LogP contribution in [0.2, 0.25) is 0 Å². The fraction of sp³-hybridized carbons (Fsp3) is 0.579. The van der Waals surface area contributed by atoms with Crippen molar-refractivity contribution >= 4 is 12.0 Å². The molecule has 1 aromatic rings. The zero-order valence-electron chi connectivity index (χ0n) is 15.2. The average Bonchev–Trinajstić information content (AvgIpc) is 3.04. The minimum Gasteiger partial charge on any atom is -0.444 e. The lowest BCUT2D eigenvalue weighted by Gasteiger charge is -2.24. The minimum atomic E-state index is -0.696. The summed E-state index contributed by atoms with van der Waals surface area (Å²) in [6.07, 6.45) is 1.83. The summed E-state index contributed by atoms with van der Waals surface area (Å²) >= 11 is 0. The smallest absolute Gasteiger partial charge is 0.408 e. The van der Waals surface area contributed by atoms with Crippen molar-refractivity contribution < 1.29 is 19.1 Å². The zero-order chi connectivity index (χ0) is 18.3. The number of ether oxygens (including phenoxy) is 2. The number of hydrogen-bond acceptors (Lipinski definition) is 4. The van der Waals surface area contributed by atoms with Crippen LogP contribution in [0, 0.1) is 0 Å². The Balaban J connectivity index is 1.97. The van der Waals surface area contributed by atoms with Gasteiger partial charge in [-0.2, -0.15) is 0 Å². The quantitative estimate of drug-likeness (QED) is 0.828. The molecule has 6 nitrogen and oxygen atoms in total. The number of carbonyl (C=O) groups excluding carboxylic acids is 2. The lowest BCUT2D eigenvalue weighted by atomic mass is 10.1. The Morgan fingerprint density at radius 1 is 1.28 bits per heavy atom. The first kappa shape index (κ1) is 19.2. The van der Waals surface area contributed by atoms with Crippen molar-refractivity contribution in [3.05, 3.63) is 35.9 Å². The monoisotopic (exact) mass is 348 g/mol. The molecule has 1 aromatic carbocycles. The van der Waals surface area contributed by atoms with Gasteiger partial charge in [-0.25, -0.2) is 4.79 Å². The number of nitrogens with one attached hydrogen (secondary N) is 2. The summed E-state index contributed by atoms with van der Waals surface area (Å²) in [5, 5.41) is 5.56. The maximum absolute atomic E-state index is 12.6. The first-order chi connectivity index (χ1) is 11.8. The van der Waals surface area contributed by atoms with Crippen molar-refractivity contribution in [3.63, 3.8) is 0 Å². The Morgan fingerprint density at radius 3 is 2.60 bits per heavy atom. The van der Waals surface area contributed by atoms with Crippen molar-refractivity contribution in [2.45, 2.75) is 57.8 Å². The van der Waals surface area contributed by atoms with E-state index < -0.39 is 17.7 Å². The first-order valence-corrected chi connectivity index (χ1v) is 8.76. The van der Waals surface area contributed by atoms with Crippen molar-refractivity contribution in [2.75, 3.05) is 13.2 Å². The summed E-state index contributed by atoms with van der Waals surface area (Å²) in [6.45, 7) is 6.56. The Kier molecular flexibility index (Phi) is 6.82. The topological polar surface area (TPSA) is 76.7 Å². The highest BCUT2D eigenvalue weighted by Crippen LogP contribution is 2.11. The molecule has 25 heavy (non-hydrogen) atoms. The first-order valence-electron chi connectivity index (χ1n) is 8.76. The molecule has 138 valence electrons. The number of alkyl carbamates (subject to hydrolysis) is 1. The molecule has 0 aliphatic carbocycles. The van der Waals surface area contributed by atoms with E-state index in [1.807, 2.05) is 30.3 Å². The van der Waals surface area contributed by atoms with Gasteiger partial charge in [-0.3, -0.25) is 4.79 Å². The maximum atomic E-state index is 12.6. The zero-order valence-corrected chi connectivity index (χ0v) is 15.2. The molecule has 6 heteroatoms. The van der Waals surface area contributed by atoms with E-state index in [1.165, 1.54) is 0 Å². The molecule has 1 saturated heterocycles. The van der Waals surface area contributed by atoms with Gasteiger partial charge in [-0.05, 0) is 39.2 Å². The Bertz CT molecular complexity index is 563. The van der Waals surface area contributed by atoms with Crippen LogP contribution in [0.3, 0.4) is 0 Å². The molecular weight excluding hydrogens is 320 g/mol.